The van der Waals surface area contributed by atoms with Crippen molar-refractivity contribution in [3.05, 3.63) is 12.2 Å². The topological polar surface area (TPSA) is 55.8 Å². The minimum atomic E-state index is -0.530. The molecule has 0 amide bonds. The largest absolute Gasteiger partial charge is 0.457 e. The van der Waals surface area contributed by atoms with Crippen LogP contribution in [0.2, 0.25) is 0 Å². The van der Waals surface area contributed by atoms with Crippen LogP contribution >= 0.6 is 0 Å². The molecule has 1 atom stereocenters. The minimum Gasteiger partial charge on any atom is -0.457 e. The van der Waals surface area contributed by atoms with Crippen molar-refractivity contribution in [2.45, 2.75) is 200 Å². The zero-order valence-corrected chi connectivity index (χ0v) is 27.8. The Kier molecular flexibility index (Phi) is 34.6. The Bertz CT molecular complexity index is 533. The van der Waals surface area contributed by atoms with E-state index in [1.54, 1.807) is 0 Å². The van der Waals surface area contributed by atoms with Gasteiger partial charge >= 0.3 is 5.97 Å². The van der Waals surface area contributed by atoms with Crippen molar-refractivity contribution in [2.75, 3.05) is 19.8 Å². The lowest BCUT2D eigenvalue weighted by atomic mass is 10.0. The third kappa shape index (κ3) is 33.5. The molecule has 0 saturated carbocycles. The predicted octanol–water partition coefficient (Wildman–Crippen LogP) is 11.4. The highest BCUT2D eigenvalue weighted by Gasteiger charge is 2.13. The summed E-state index contributed by atoms with van der Waals surface area (Å²) in [7, 11) is 0. The highest BCUT2D eigenvalue weighted by Crippen LogP contribution is 2.15. The molecular formula is C37H72O4. The number of hydrogen-bond donors (Lipinski definition) is 1. The van der Waals surface area contributed by atoms with E-state index in [1.807, 2.05) is 0 Å². The molecule has 4 nitrogen and oxygen atoms in total. The van der Waals surface area contributed by atoms with Crippen molar-refractivity contribution in [1.82, 2.24) is 0 Å². The molecule has 244 valence electrons. The van der Waals surface area contributed by atoms with E-state index in [9.17, 15) is 9.90 Å². The molecule has 0 aromatic rings. The molecule has 0 heterocycles. The lowest BCUT2D eigenvalue weighted by Gasteiger charge is -2.15. The van der Waals surface area contributed by atoms with Crippen LogP contribution in [0.1, 0.15) is 194 Å². The first-order valence-electron chi connectivity index (χ1n) is 18.3. The molecule has 0 bridgehead atoms. The van der Waals surface area contributed by atoms with Gasteiger partial charge < -0.3 is 14.6 Å². The van der Waals surface area contributed by atoms with E-state index in [4.69, 9.17) is 9.47 Å². The smallest absolute Gasteiger partial charge is 0.306 e. The molecule has 4 heteroatoms. The van der Waals surface area contributed by atoms with Crippen molar-refractivity contribution in [3.8, 4) is 0 Å². The minimum absolute atomic E-state index is 0.170. The van der Waals surface area contributed by atoms with Gasteiger partial charge in [-0.3, -0.25) is 4.79 Å². The Hall–Kier alpha value is -0.870. The summed E-state index contributed by atoms with van der Waals surface area (Å²) in [4.78, 5) is 12.1. The Labute approximate surface area is 256 Å². The quantitative estimate of drug-likeness (QED) is 0.0467. The normalized spacial score (nSPS) is 12.4. The molecule has 0 spiro atoms. The van der Waals surface area contributed by atoms with Gasteiger partial charge in [0.1, 0.15) is 6.10 Å². The molecule has 0 aromatic heterocycles. The van der Waals surface area contributed by atoms with Gasteiger partial charge in [0.2, 0.25) is 0 Å². The molecule has 0 aliphatic heterocycles. The second kappa shape index (κ2) is 35.3. The van der Waals surface area contributed by atoms with E-state index in [2.05, 4.69) is 26.0 Å². The molecule has 0 fully saturated rings. The number of carbonyl (C=O) groups is 1. The van der Waals surface area contributed by atoms with Gasteiger partial charge in [-0.05, 0) is 32.1 Å². The van der Waals surface area contributed by atoms with Crippen molar-refractivity contribution in [2.24, 2.45) is 0 Å². The fourth-order valence-corrected chi connectivity index (χ4v) is 5.33. The van der Waals surface area contributed by atoms with Crippen LogP contribution in [-0.4, -0.2) is 37.0 Å². The number of unbranched alkanes of at least 4 members (excludes halogenated alkanes) is 24. The van der Waals surface area contributed by atoms with E-state index in [0.29, 0.717) is 19.6 Å². The van der Waals surface area contributed by atoms with Crippen LogP contribution in [0.15, 0.2) is 12.2 Å². The van der Waals surface area contributed by atoms with Gasteiger partial charge in [0.25, 0.3) is 0 Å². The second-order valence-corrected chi connectivity index (χ2v) is 12.3. The highest BCUT2D eigenvalue weighted by molar-refractivity contribution is 5.69. The van der Waals surface area contributed by atoms with Crippen LogP contribution in [0.4, 0.5) is 0 Å². The van der Waals surface area contributed by atoms with E-state index in [1.165, 1.54) is 154 Å². The molecule has 41 heavy (non-hydrogen) atoms. The van der Waals surface area contributed by atoms with Gasteiger partial charge in [0.15, 0.2) is 0 Å². The first-order chi connectivity index (χ1) is 20.2. The first-order valence-corrected chi connectivity index (χ1v) is 18.3. The third-order valence-electron chi connectivity index (χ3n) is 8.07. The SMILES string of the molecule is CCC/C=C\CCCCCCCC(=O)OC(CO)COCCCCCCCCCCCCCCCCCCCCC. The summed E-state index contributed by atoms with van der Waals surface area (Å²) in [6.07, 6.45) is 39.7. The van der Waals surface area contributed by atoms with Crippen molar-refractivity contribution >= 4 is 5.97 Å². The van der Waals surface area contributed by atoms with Crippen LogP contribution < -0.4 is 0 Å². The van der Waals surface area contributed by atoms with Crippen LogP contribution in [0.5, 0.6) is 0 Å². The third-order valence-corrected chi connectivity index (χ3v) is 8.07. The monoisotopic (exact) mass is 581 g/mol. The van der Waals surface area contributed by atoms with Crippen LogP contribution in [-0.2, 0) is 14.3 Å². The molecule has 0 aliphatic carbocycles. The Morgan fingerprint density at radius 1 is 0.561 bits per heavy atom. The van der Waals surface area contributed by atoms with Gasteiger partial charge in [-0.2, -0.15) is 0 Å². The molecule has 0 aromatic carbocycles. The Balaban J connectivity index is 3.36. The Morgan fingerprint density at radius 2 is 1.00 bits per heavy atom. The van der Waals surface area contributed by atoms with Crippen LogP contribution in [0.3, 0.4) is 0 Å². The fraction of sp³-hybridized carbons (Fsp3) is 0.919. The van der Waals surface area contributed by atoms with Crippen molar-refractivity contribution in [3.63, 3.8) is 0 Å². The average molecular weight is 581 g/mol. The summed E-state index contributed by atoms with van der Waals surface area (Å²) >= 11 is 0. The van der Waals surface area contributed by atoms with E-state index >= 15 is 0 Å². The maximum Gasteiger partial charge on any atom is 0.306 e. The van der Waals surface area contributed by atoms with Crippen LogP contribution in [0.25, 0.3) is 0 Å². The molecule has 0 saturated heterocycles. The number of esters is 1. The summed E-state index contributed by atoms with van der Waals surface area (Å²) in [5, 5.41) is 9.52. The van der Waals surface area contributed by atoms with E-state index in [-0.39, 0.29) is 12.6 Å². The second-order valence-electron chi connectivity index (χ2n) is 12.3. The molecule has 0 rings (SSSR count). The number of carbonyl (C=O) groups excluding carboxylic acids is 1. The van der Waals surface area contributed by atoms with E-state index < -0.39 is 6.10 Å². The molecule has 0 radical (unpaired) electrons. The first kappa shape index (κ1) is 40.1. The molecular weight excluding hydrogens is 508 g/mol. The predicted molar refractivity (Wildman–Crippen MR) is 178 cm³/mol. The summed E-state index contributed by atoms with van der Waals surface area (Å²) < 4.78 is 11.1. The zero-order valence-electron chi connectivity index (χ0n) is 27.8. The molecule has 0 aliphatic rings. The van der Waals surface area contributed by atoms with Crippen LogP contribution in [0, 0.1) is 0 Å². The molecule has 1 N–H and O–H groups in total. The number of hydrogen-bond acceptors (Lipinski definition) is 4. The summed E-state index contributed by atoms with van der Waals surface area (Å²) in [6, 6.07) is 0. The summed E-state index contributed by atoms with van der Waals surface area (Å²) in [6.45, 7) is 5.30. The average Bonchev–Trinajstić information content (AvgIpc) is 2.98. The van der Waals surface area contributed by atoms with Gasteiger partial charge in [0.05, 0.1) is 13.2 Å². The Morgan fingerprint density at radius 3 is 1.49 bits per heavy atom. The van der Waals surface area contributed by atoms with Gasteiger partial charge in [-0.25, -0.2) is 0 Å². The van der Waals surface area contributed by atoms with Gasteiger partial charge in [0, 0.05) is 13.0 Å². The maximum absolute atomic E-state index is 12.1. The van der Waals surface area contributed by atoms with Crippen molar-refractivity contribution < 1.29 is 19.4 Å². The standard InChI is InChI=1S/C37H72O4/c1-3-5-7-9-11-13-15-16-17-18-19-20-21-22-23-25-27-29-31-33-40-35-36(34-38)41-37(39)32-30-28-26-24-14-12-10-8-6-4-2/h8,10,36,38H,3-7,9,11-35H2,1-2H3/b10-8-. The number of aliphatic hydroxyl groups excluding tert-OH is 1. The number of aliphatic hydroxyl groups is 1. The fourth-order valence-electron chi connectivity index (χ4n) is 5.33. The summed E-state index contributed by atoms with van der Waals surface area (Å²) in [5.74, 6) is -0.210. The van der Waals surface area contributed by atoms with Crippen molar-refractivity contribution in [1.29, 1.82) is 0 Å². The van der Waals surface area contributed by atoms with Gasteiger partial charge in [-0.1, -0.05) is 167 Å². The number of rotatable bonds is 34. The maximum atomic E-state index is 12.1. The number of allylic oxidation sites excluding steroid dienone is 2. The molecule has 1 unspecified atom stereocenters. The lowest BCUT2D eigenvalue weighted by Crippen LogP contribution is -2.27. The zero-order chi connectivity index (χ0) is 29.9. The summed E-state index contributed by atoms with van der Waals surface area (Å²) in [5.41, 5.74) is 0. The van der Waals surface area contributed by atoms with Gasteiger partial charge in [-0.15, -0.1) is 0 Å². The number of ether oxygens (including phenoxy) is 2. The highest BCUT2D eigenvalue weighted by atomic mass is 16.6. The van der Waals surface area contributed by atoms with E-state index in [0.717, 1.165) is 19.3 Å². The lowest BCUT2D eigenvalue weighted by molar-refractivity contribution is -0.154.